The summed E-state index contributed by atoms with van der Waals surface area (Å²) >= 11 is 0. The number of likely N-dealkylation sites (tertiary alicyclic amines) is 1. The molecule has 0 amide bonds. The van der Waals surface area contributed by atoms with Gasteiger partial charge in [-0.2, -0.15) is 0 Å². The van der Waals surface area contributed by atoms with E-state index in [1.165, 1.54) is 0 Å². The molecule has 134 valence electrons. The highest BCUT2D eigenvalue weighted by molar-refractivity contribution is 7.91. The van der Waals surface area contributed by atoms with E-state index in [4.69, 9.17) is 4.74 Å². The first-order valence-corrected chi connectivity index (χ1v) is 10.5. The third kappa shape index (κ3) is 4.39. The number of anilines is 1. The summed E-state index contributed by atoms with van der Waals surface area (Å²) in [5.74, 6) is 2.90. The molecule has 3 heterocycles. The van der Waals surface area contributed by atoms with Gasteiger partial charge in [-0.1, -0.05) is 0 Å². The Morgan fingerprint density at radius 1 is 1.29 bits per heavy atom. The fourth-order valence-corrected chi connectivity index (χ4v) is 5.12. The van der Waals surface area contributed by atoms with Gasteiger partial charge in [0.1, 0.15) is 15.9 Å². The number of hydrogen-bond acceptors (Lipinski definition) is 6. The van der Waals surface area contributed by atoms with Crippen LogP contribution < -0.4 is 9.64 Å². The third-order valence-electron chi connectivity index (χ3n) is 4.89. The van der Waals surface area contributed by atoms with E-state index < -0.39 is 9.84 Å². The molecule has 24 heavy (non-hydrogen) atoms. The lowest BCUT2D eigenvalue weighted by molar-refractivity contribution is 0.189. The Morgan fingerprint density at radius 3 is 2.75 bits per heavy atom. The molecule has 0 aromatic carbocycles. The second-order valence-corrected chi connectivity index (χ2v) is 9.41. The van der Waals surface area contributed by atoms with Crippen molar-refractivity contribution < 1.29 is 13.2 Å². The van der Waals surface area contributed by atoms with Gasteiger partial charge in [-0.15, -0.1) is 0 Å². The topological polar surface area (TPSA) is 62.7 Å². The summed E-state index contributed by atoms with van der Waals surface area (Å²) in [4.78, 5) is 8.76. The van der Waals surface area contributed by atoms with Gasteiger partial charge < -0.3 is 9.64 Å². The van der Waals surface area contributed by atoms with Crippen molar-refractivity contribution in [3.8, 4) is 5.75 Å². The Balaban J connectivity index is 1.51. The number of sulfone groups is 1. The van der Waals surface area contributed by atoms with Crippen molar-refractivity contribution in [2.24, 2.45) is 5.92 Å². The molecule has 0 aliphatic carbocycles. The number of ether oxygens (including phenoxy) is 1. The molecule has 3 rings (SSSR count). The normalized spacial score (nSPS) is 24.8. The standard InChI is InChI=1S/C17H27N3O3S/c1-19(2)17-16(4-3-8-18-17)23-15-5-9-20(13-15)12-14-6-10-24(21,22)11-7-14/h3-4,8,14-15H,5-7,9-13H2,1-2H3. The summed E-state index contributed by atoms with van der Waals surface area (Å²) in [6.07, 6.45) is 4.57. The maximum atomic E-state index is 11.5. The molecule has 2 saturated heterocycles. The Hall–Kier alpha value is -1.34. The zero-order valence-corrected chi connectivity index (χ0v) is 15.3. The molecule has 2 aliphatic heterocycles. The number of aromatic nitrogens is 1. The molecule has 0 bridgehead atoms. The number of hydrogen-bond donors (Lipinski definition) is 0. The van der Waals surface area contributed by atoms with Crippen LogP contribution in [-0.2, 0) is 9.84 Å². The van der Waals surface area contributed by atoms with Gasteiger partial charge in [0, 0.05) is 39.9 Å². The van der Waals surface area contributed by atoms with Crippen molar-refractivity contribution in [1.29, 1.82) is 0 Å². The van der Waals surface area contributed by atoms with Crippen molar-refractivity contribution in [1.82, 2.24) is 9.88 Å². The minimum atomic E-state index is -2.77. The summed E-state index contributed by atoms with van der Waals surface area (Å²) < 4.78 is 29.2. The zero-order chi connectivity index (χ0) is 17.2. The largest absolute Gasteiger partial charge is 0.485 e. The molecule has 7 heteroatoms. The summed E-state index contributed by atoms with van der Waals surface area (Å²) in [6.45, 7) is 2.92. The van der Waals surface area contributed by atoms with Gasteiger partial charge in [0.05, 0.1) is 11.5 Å². The highest BCUT2D eigenvalue weighted by atomic mass is 32.2. The molecule has 1 unspecified atom stereocenters. The van der Waals surface area contributed by atoms with Crippen LogP contribution in [-0.4, -0.2) is 69.6 Å². The lowest BCUT2D eigenvalue weighted by atomic mass is 10.0. The molecule has 0 saturated carbocycles. The molecule has 6 nitrogen and oxygen atoms in total. The van der Waals surface area contributed by atoms with E-state index in [1.54, 1.807) is 6.20 Å². The molecule has 2 aliphatic rings. The molecule has 1 aromatic heterocycles. The summed E-state index contributed by atoms with van der Waals surface area (Å²) in [5, 5.41) is 0. The zero-order valence-electron chi connectivity index (χ0n) is 14.5. The number of rotatable bonds is 5. The van der Waals surface area contributed by atoms with Crippen LogP contribution in [0.2, 0.25) is 0 Å². The maximum Gasteiger partial charge on any atom is 0.170 e. The minimum absolute atomic E-state index is 0.181. The van der Waals surface area contributed by atoms with Crippen molar-refractivity contribution in [3.63, 3.8) is 0 Å². The molecule has 0 N–H and O–H groups in total. The monoisotopic (exact) mass is 353 g/mol. The third-order valence-corrected chi connectivity index (χ3v) is 6.60. The van der Waals surface area contributed by atoms with E-state index in [0.29, 0.717) is 17.4 Å². The van der Waals surface area contributed by atoms with Gasteiger partial charge in [-0.3, -0.25) is 4.90 Å². The lowest BCUT2D eigenvalue weighted by Gasteiger charge is -2.27. The Kier molecular flexibility index (Phi) is 5.30. The summed E-state index contributed by atoms with van der Waals surface area (Å²) in [7, 11) is 1.16. The smallest absolute Gasteiger partial charge is 0.170 e. The van der Waals surface area contributed by atoms with Gasteiger partial charge in [0.15, 0.2) is 11.6 Å². The van der Waals surface area contributed by atoms with Gasteiger partial charge in [-0.25, -0.2) is 13.4 Å². The first kappa shape index (κ1) is 17.5. The van der Waals surface area contributed by atoms with E-state index in [0.717, 1.165) is 50.5 Å². The van der Waals surface area contributed by atoms with Crippen LogP contribution in [0.3, 0.4) is 0 Å². The predicted octanol–water partition coefficient (Wildman–Crippen LogP) is 1.43. The van der Waals surface area contributed by atoms with Crippen LogP contribution in [0, 0.1) is 5.92 Å². The number of pyridine rings is 1. The average molecular weight is 353 g/mol. The lowest BCUT2D eigenvalue weighted by Crippen LogP contribution is -2.34. The van der Waals surface area contributed by atoms with E-state index in [1.807, 2.05) is 31.1 Å². The average Bonchev–Trinajstić information content (AvgIpc) is 2.97. The van der Waals surface area contributed by atoms with Crippen molar-refractivity contribution >= 4 is 15.7 Å². The second kappa shape index (κ2) is 7.27. The Bertz CT molecular complexity index is 649. The first-order chi connectivity index (χ1) is 11.4. The van der Waals surface area contributed by atoms with E-state index in [2.05, 4.69) is 9.88 Å². The van der Waals surface area contributed by atoms with Gasteiger partial charge in [-0.05, 0) is 37.3 Å². The molecular formula is C17H27N3O3S. The summed E-state index contributed by atoms with van der Waals surface area (Å²) in [6, 6.07) is 3.87. The minimum Gasteiger partial charge on any atom is -0.485 e. The molecule has 2 fully saturated rings. The highest BCUT2D eigenvalue weighted by Gasteiger charge is 2.29. The Labute approximate surface area is 144 Å². The molecule has 1 aromatic rings. The predicted molar refractivity (Wildman–Crippen MR) is 95.4 cm³/mol. The van der Waals surface area contributed by atoms with Crippen LogP contribution >= 0.6 is 0 Å². The maximum absolute atomic E-state index is 11.5. The van der Waals surface area contributed by atoms with Crippen molar-refractivity contribution in [3.05, 3.63) is 18.3 Å². The van der Waals surface area contributed by atoms with Crippen molar-refractivity contribution in [2.45, 2.75) is 25.4 Å². The number of nitrogens with zero attached hydrogens (tertiary/aromatic N) is 3. The summed E-state index contributed by atoms with van der Waals surface area (Å²) in [5.41, 5.74) is 0. The second-order valence-electron chi connectivity index (χ2n) is 7.10. The van der Waals surface area contributed by atoms with Crippen LogP contribution in [0.4, 0.5) is 5.82 Å². The van der Waals surface area contributed by atoms with E-state index in [-0.39, 0.29) is 6.10 Å². The van der Waals surface area contributed by atoms with Crippen LogP contribution in [0.15, 0.2) is 18.3 Å². The molecule has 0 radical (unpaired) electrons. The fourth-order valence-electron chi connectivity index (χ4n) is 3.54. The van der Waals surface area contributed by atoms with Gasteiger partial charge >= 0.3 is 0 Å². The molecule has 1 atom stereocenters. The van der Waals surface area contributed by atoms with Crippen molar-refractivity contribution in [2.75, 3.05) is 50.1 Å². The molecule has 0 spiro atoms. The van der Waals surface area contributed by atoms with E-state index in [9.17, 15) is 8.42 Å². The Morgan fingerprint density at radius 2 is 2.04 bits per heavy atom. The van der Waals surface area contributed by atoms with Crippen LogP contribution in [0.25, 0.3) is 0 Å². The first-order valence-electron chi connectivity index (χ1n) is 8.65. The SMILES string of the molecule is CN(C)c1ncccc1OC1CCN(CC2CCS(=O)(=O)CC2)C1. The van der Waals surface area contributed by atoms with E-state index >= 15 is 0 Å². The fraction of sp³-hybridized carbons (Fsp3) is 0.706. The quantitative estimate of drug-likeness (QED) is 0.798. The van der Waals surface area contributed by atoms with Crippen LogP contribution in [0.1, 0.15) is 19.3 Å². The highest BCUT2D eigenvalue weighted by Crippen LogP contribution is 2.27. The molecular weight excluding hydrogens is 326 g/mol. The van der Waals surface area contributed by atoms with Gasteiger partial charge in [0.2, 0.25) is 0 Å². The van der Waals surface area contributed by atoms with Gasteiger partial charge in [0.25, 0.3) is 0 Å². The van der Waals surface area contributed by atoms with Crippen LogP contribution in [0.5, 0.6) is 5.75 Å².